The number of benzene rings is 1. The van der Waals surface area contributed by atoms with Crippen LogP contribution in [0.5, 0.6) is 0 Å². The maximum Gasteiger partial charge on any atom is 0.0616 e. The Labute approximate surface area is 114 Å². The minimum absolute atomic E-state index is 0.242. The molecule has 2 heteroatoms. The first-order valence-corrected chi connectivity index (χ1v) is 8.21. The van der Waals surface area contributed by atoms with E-state index in [0.717, 1.165) is 0 Å². The van der Waals surface area contributed by atoms with E-state index in [1.807, 2.05) is 11.8 Å². The van der Waals surface area contributed by atoms with Crippen LogP contribution in [0.2, 0.25) is 0 Å². The SMILES string of the molecule is CCSCCCC1CCc2ccccc2C1Cl. The van der Waals surface area contributed by atoms with Crippen LogP contribution < -0.4 is 0 Å². The zero-order chi connectivity index (χ0) is 12.1. The van der Waals surface area contributed by atoms with Crippen molar-refractivity contribution in [2.45, 2.75) is 38.0 Å². The first-order chi connectivity index (χ1) is 8.33. The molecule has 0 aliphatic heterocycles. The number of alkyl halides is 1. The molecular formula is C15H21ClS. The average Bonchev–Trinajstić information content (AvgIpc) is 2.37. The fraction of sp³-hybridized carbons (Fsp3) is 0.600. The molecular weight excluding hydrogens is 248 g/mol. The number of rotatable bonds is 5. The van der Waals surface area contributed by atoms with Gasteiger partial charge in [-0.1, -0.05) is 31.2 Å². The van der Waals surface area contributed by atoms with E-state index in [1.54, 1.807) is 0 Å². The van der Waals surface area contributed by atoms with Crippen molar-refractivity contribution in [1.82, 2.24) is 0 Å². The molecule has 17 heavy (non-hydrogen) atoms. The second-order valence-electron chi connectivity index (χ2n) is 4.74. The van der Waals surface area contributed by atoms with Crippen LogP contribution in [-0.2, 0) is 6.42 Å². The Morgan fingerprint density at radius 3 is 3.00 bits per heavy atom. The molecule has 0 bridgehead atoms. The maximum absolute atomic E-state index is 6.62. The van der Waals surface area contributed by atoms with Crippen LogP contribution in [0.3, 0.4) is 0 Å². The molecule has 0 N–H and O–H groups in total. The van der Waals surface area contributed by atoms with Crippen LogP contribution in [-0.4, -0.2) is 11.5 Å². The van der Waals surface area contributed by atoms with E-state index >= 15 is 0 Å². The average molecular weight is 269 g/mol. The first kappa shape index (κ1) is 13.3. The molecule has 0 aromatic heterocycles. The quantitative estimate of drug-likeness (QED) is 0.531. The molecule has 0 fully saturated rings. The van der Waals surface area contributed by atoms with E-state index in [1.165, 1.54) is 48.3 Å². The molecule has 0 saturated heterocycles. The van der Waals surface area contributed by atoms with Crippen molar-refractivity contribution in [3.63, 3.8) is 0 Å². The summed E-state index contributed by atoms with van der Waals surface area (Å²) in [7, 11) is 0. The lowest BCUT2D eigenvalue weighted by molar-refractivity contribution is 0.411. The van der Waals surface area contributed by atoms with Gasteiger partial charge in [0.2, 0.25) is 0 Å². The third-order valence-corrected chi connectivity index (χ3v) is 5.20. The Morgan fingerprint density at radius 2 is 2.18 bits per heavy atom. The number of hydrogen-bond acceptors (Lipinski definition) is 1. The minimum atomic E-state index is 0.242. The van der Waals surface area contributed by atoms with E-state index in [4.69, 9.17) is 11.6 Å². The van der Waals surface area contributed by atoms with E-state index < -0.39 is 0 Å². The largest absolute Gasteiger partial charge is 0.162 e. The van der Waals surface area contributed by atoms with Crippen molar-refractivity contribution >= 4 is 23.4 Å². The van der Waals surface area contributed by atoms with Gasteiger partial charge in [0.25, 0.3) is 0 Å². The molecule has 94 valence electrons. The van der Waals surface area contributed by atoms with Crippen molar-refractivity contribution in [2.24, 2.45) is 5.92 Å². The van der Waals surface area contributed by atoms with Crippen molar-refractivity contribution in [3.8, 4) is 0 Å². The fourth-order valence-corrected chi connectivity index (χ4v) is 3.78. The van der Waals surface area contributed by atoms with Gasteiger partial charge in [-0.2, -0.15) is 11.8 Å². The Balaban J connectivity index is 1.90. The molecule has 0 heterocycles. The van der Waals surface area contributed by atoms with Gasteiger partial charge in [-0.15, -0.1) is 11.6 Å². The van der Waals surface area contributed by atoms with Gasteiger partial charge >= 0.3 is 0 Å². The summed E-state index contributed by atoms with van der Waals surface area (Å²) in [5.74, 6) is 3.21. The molecule has 0 spiro atoms. The van der Waals surface area contributed by atoms with Crippen LogP contribution >= 0.6 is 23.4 Å². The second-order valence-corrected chi connectivity index (χ2v) is 6.60. The molecule has 1 aliphatic rings. The molecule has 0 amide bonds. The summed E-state index contributed by atoms with van der Waals surface area (Å²) in [6.07, 6.45) is 5.08. The van der Waals surface area contributed by atoms with Gasteiger partial charge < -0.3 is 0 Å². The van der Waals surface area contributed by atoms with Crippen molar-refractivity contribution in [2.75, 3.05) is 11.5 Å². The summed E-state index contributed by atoms with van der Waals surface area (Å²) >= 11 is 8.66. The highest BCUT2D eigenvalue weighted by Crippen LogP contribution is 2.41. The molecule has 0 saturated carbocycles. The van der Waals surface area contributed by atoms with Crippen LogP contribution in [0.25, 0.3) is 0 Å². The summed E-state index contributed by atoms with van der Waals surface area (Å²) in [6.45, 7) is 2.23. The summed E-state index contributed by atoms with van der Waals surface area (Å²) < 4.78 is 0. The lowest BCUT2D eigenvalue weighted by Gasteiger charge is -2.29. The Morgan fingerprint density at radius 1 is 1.35 bits per heavy atom. The van der Waals surface area contributed by atoms with Gasteiger partial charge in [0.1, 0.15) is 0 Å². The smallest absolute Gasteiger partial charge is 0.0616 e. The van der Waals surface area contributed by atoms with E-state index in [-0.39, 0.29) is 5.38 Å². The van der Waals surface area contributed by atoms with Crippen LogP contribution in [0, 0.1) is 5.92 Å². The summed E-state index contributed by atoms with van der Waals surface area (Å²) in [5, 5.41) is 0.242. The topological polar surface area (TPSA) is 0 Å². The van der Waals surface area contributed by atoms with Gasteiger partial charge in [-0.05, 0) is 54.2 Å². The Kier molecular flexibility index (Phi) is 5.24. The maximum atomic E-state index is 6.62. The summed E-state index contributed by atoms with van der Waals surface area (Å²) in [5.41, 5.74) is 2.85. The number of thioether (sulfide) groups is 1. The lowest BCUT2D eigenvalue weighted by atomic mass is 9.81. The van der Waals surface area contributed by atoms with Crippen LogP contribution in [0.4, 0.5) is 0 Å². The standard InChI is InChI=1S/C15H21ClS/c1-2-17-11-5-7-13-10-9-12-6-3-4-8-14(12)15(13)16/h3-4,6,8,13,15H,2,5,7,9-11H2,1H3. The van der Waals surface area contributed by atoms with Crippen molar-refractivity contribution < 1.29 is 0 Å². The van der Waals surface area contributed by atoms with Gasteiger partial charge in [0.15, 0.2) is 0 Å². The van der Waals surface area contributed by atoms with E-state index in [2.05, 4.69) is 31.2 Å². The molecule has 0 radical (unpaired) electrons. The van der Waals surface area contributed by atoms with Gasteiger partial charge in [0.05, 0.1) is 5.38 Å². The lowest BCUT2D eigenvalue weighted by Crippen LogP contribution is -2.17. The number of hydrogen-bond donors (Lipinski definition) is 0. The Bertz CT molecular complexity index is 351. The fourth-order valence-electron chi connectivity index (χ4n) is 2.65. The first-order valence-electron chi connectivity index (χ1n) is 6.62. The highest BCUT2D eigenvalue weighted by molar-refractivity contribution is 7.99. The van der Waals surface area contributed by atoms with E-state index in [0.29, 0.717) is 5.92 Å². The van der Waals surface area contributed by atoms with Gasteiger partial charge in [0, 0.05) is 0 Å². The molecule has 0 nitrogen and oxygen atoms in total. The highest BCUT2D eigenvalue weighted by atomic mass is 35.5. The zero-order valence-corrected chi connectivity index (χ0v) is 12.1. The number of aryl methyl sites for hydroxylation is 1. The van der Waals surface area contributed by atoms with Gasteiger partial charge in [-0.25, -0.2) is 0 Å². The van der Waals surface area contributed by atoms with Gasteiger partial charge in [-0.3, -0.25) is 0 Å². The predicted molar refractivity (Wildman–Crippen MR) is 79.1 cm³/mol. The van der Waals surface area contributed by atoms with Crippen LogP contribution in [0.1, 0.15) is 42.7 Å². The zero-order valence-electron chi connectivity index (χ0n) is 10.5. The summed E-state index contributed by atoms with van der Waals surface area (Å²) in [4.78, 5) is 0. The van der Waals surface area contributed by atoms with Crippen LogP contribution in [0.15, 0.2) is 24.3 Å². The van der Waals surface area contributed by atoms with E-state index in [9.17, 15) is 0 Å². The number of halogens is 1. The van der Waals surface area contributed by atoms with Crippen molar-refractivity contribution in [1.29, 1.82) is 0 Å². The predicted octanol–water partition coefficient (Wildman–Crippen LogP) is 5.06. The molecule has 2 rings (SSSR count). The number of fused-ring (bicyclic) bond motifs is 1. The monoisotopic (exact) mass is 268 g/mol. The van der Waals surface area contributed by atoms with Crippen molar-refractivity contribution in [3.05, 3.63) is 35.4 Å². The molecule has 2 atom stereocenters. The third-order valence-electron chi connectivity index (χ3n) is 3.62. The molecule has 1 aromatic carbocycles. The Hall–Kier alpha value is -0.140. The minimum Gasteiger partial charge on any atom is -0.162 e. The molecule has 1 aromatic rings. The third kappa shape index (κ3) is 3.42. The molecule has 1 aliphatic carbocycles. The second kappa shape index (κ2) is 6.70. The molecule has 2 unspecified atom stereocenters. The summed E-state index contributed by atoms with van der Waals surface area (Å²) in [6, 6.07) is 8.68. The normalized spacial score (nSPS) is 23.4. The highest BCUT2D eigenvalue weighted by Gasteiger charge is 2.26.